The Kier molecular flexibility index (Phi) is 4.13. The number of halogens is 1. The zero-order chi connectivity index (χ0) is 13.0. The minimum atomic E-state index is -0.567. The number of nitrogens with zero attached hydrogens (tertiary/aromatic N) is 2. The molecule has 2 rings (SSSR count). The maximum atomic E-state index is 13.3. The standard InChI is InChI=1S/C13H16FN3O/c14-8-12(17-6-4-16-5-7-17)11-3-1-2-10(9-15)13(11)18/h1-3,12,16,18H,4-8H2/t12-/m1/s1. The molecule has 0 bridgehead atoms. The Morgan fingerprint density at radius 3 is 2.78 bits per heavy atom. The normalized spacial score (nSPS) is 18.2. The number of phenols is 1. The van der Waals surface area contributed by atoms with Gasteiger partial charge in [0.15, 0.2) is 0 Å². The number of rotatable bonds is 3. The Bertz CT molecular complexity index is 452. The molecular weight excluding hydrogens is 233 g/mol. The summed E-state index contributed by atoms with van der Waals surface area (Å²) in [5.74, 6) is -0.0961. The van der Waals surface area contributed by atoms with Crippen molar-refractivity contribution in [2.45, 2.75) is 6.04 Å². The van der Waals surface area contributed by atoms with Crippen molar-refractivity contribution in [1.29, 1.82) is 5.26 Å². The molecule has 0 aromatic heterocycles. The molecule has 0 spiro atoms. The van der Waals surface area contributed by atoms with Crippen LogP contribution in [0.2, 0.25) is 0 Å². The van der Waals surface area contributed by atoms with E-state index in [9.17, 15) is 9.50 Å². The zero-order valence-corrected chi connectivity index (χ0v) is 10.1. The molecule has 1 aromatic carbocycles. The van der Waals surface area contributed by atoms with Crippen LogP contribution >= 0.6 is 0 Å². The summed E-state index contributed by atoms with van der Waals surface area (Å²) in [5, 5.41) is 22.1. The largest absolute Gasteiger partial charge is 0.506 e. The van der Waals surface area contributed by atoms with Crippen LogP contribution in [0.25, 0.3) is 0 Å². The van der Waals surface area contributed by atoms with Crippen LogP contribution in [-0.4, -0.2) is 42.9 Å². The minimum Gasteiger partial charge on any atom is -0.506 e. The molecule has 1 fully saturated rings. The average molecular weight is 249 g/mol. The highest BCUT2D eigenvalue weighted by Gasteiger charge is 2.25. The van der Waals surface area contributed by atoms with Crippen LogP contribution in [-0.2, 0) is 0 Å². The van der Waals surface area contributed by atoms with E-state index in [4.69, 9.17) is 5.26 Å². The van der Waals surface area contributed by atoms with E-state index in [0.717, 1.165) is 26.2 Å². The first-order valence-electron chi connectivity index (χ1n) is 6.00. The van der Waals surface area contributed by atoms with E-state index in [1.807, 2.05) is 11.0 Å². The smallest absolute Gasteiger partial charge is 0.138 e. The van der Waals surface area contributed by atoms with Crippen LogP contribution in [0.15, 0.2) is 18.2 Å². The summed E-state index contributed by atoms with van der Waals surface area (Å²) < 4.78 is 13.3. The second kappa shape index (κ2) is 5.80. The molecule has 1 aromatic rings. The van der Waals surface area contributed by atoms with Crippen molar-refractivity contribution >= 4 is 0 Å². The molecule has 1 atom stereocenters. The summed E-state index contributed by atoms with van der Waals surface area (Å²) in [5.41, 5.74) is 0.694. The van der Waals surface area contributed by atoms with Crippen molar-refractivity contribution in [2.75, 3.05) is 32.9 Å². The number of alkyl halides is 1. The highest BCUT2D eigenvalue weighted by atomic mass is 19.1. The van der Waals surface area contributed by atoms with Gasteiger partial charge in [0, 0.05) is 31.7 Å². The molecule has 96 valence electrons. The number of aromatic hydroxyl groups is 1. The van der Waals surface area contributed by atoms with Crippen LogP contribution in [0.3, 0.4) is 0 Å². The van der Waals surface area contributed by atoms with Crippen molar-refractivity contribution in [3.05, 3.63) is 29.3 Å². The van der Waals surface area contributed by atoms with E-state index in [-0.39, 0.29) is 11.3 Å². The monoisotopic (exact) mass is 249 g/mol. The molecule has 1 aliphatic rings. The van der Waals surface area contributed by atoms with Gasteiger partial charge in [-0.05, 0) is 6.07 Å². The second-order valence-corrected chi connectivity index (χ2v) is 4.31. The topological polar surface area (TPSA) is 59.3 Å². The number of piperazine rings is 1. The van der Waals surface area contributed by atoms with Crippen molar-refractivity contribution in [3.63, 3.8) is 0 Å². The van der Waals surface area contributed by atoms with E-state index in [2.05, 4.69) is 5.32 Å². The summed E-state index contributed by atoms with van der Waals surface area (Å²) in [6.07, 6.45) is 0. The van der Waals surface area contributed by atoms with Crippen LogP contribution in [0.5, 0.6) is 5.75 Å². The Hall–Kier alpha value is -1.64. The fraction of sp³-hybridized carbons (Fsp3) is 0.462. The van der Waals surface area contributed by atoms with E-state index < -0.39 is 12.7 Å². The Balaban J connectivity index is 2.29. The molecule has 1 heterocycles. The highest BCUT2D eigenvalue weighted by molar-refractivity contribution is 5.48. The minimum absolute atomic E-state index is 0.0961. The first-order chi connectivity index (χ1) is 8.77. The predicted molar refractivity (Wildman–Crippen MR) is 66.0 cm³/mol. The number of hydrogen-bond acceptors (Lipinski definition) is 4. The lowest BCUT2D eigenvalue weighted by molar-refractivity contribution is 0.145. The highest BCUT2D eigenvalue weighted by Crippen LogP contribution is 2.31. The fourth-order valence-corrected chi connectivity index (χ4v) is 2.29. The number of para-hydroxylation sites is 1. The first kappa shape index (κ1) is 12.8. The first-order valence-corrected chi connectivity index (χ1v) is 6.00. The lowest BCUT2D eigenvalue weighted by Gasteiger charge is -2.33. The zero-order valence-electron chi connectivity index (χ0n) is 10.1. The molecule has 2 N–H and O–H groups in total. The molecule has 1 aliphatic heterocycles. The molecule has 0 amide bonds. The number of benzene rings is 1. The van der Waals surface area contributed by atoms with Gasteiger partial charge in [-0.1, -0.05) is 12.1 Å². The SMILES string of the molecule is N#Cc1cccc([C@@H](CF)N2CCNCC2)c1O. The molecule has 0 unspecified atom stereocenters. The lowest BCUT2D eigenvalue weighted by atomic mass is 10.0. The maximum absolute atomic E-state index is 13.3. The van der Waals surface area contributed by atoms with Crippen LogP contribution in [0.4, 0.5) is 4.39 Å². The van der Waals surface area contributed by atoms with Gasteiger partial charge in [-0.2, -0.15) is 5.26 Å². The summed E-state index contributed by atoms with van der Waals surface area (Å²) in [6.45, 7) is 2.54. The molecular formula is C13H16FN3O. The number of nitrogens with one attached hydrogen (secondary N) is 1. The molecule has 18 heavy (non-hydrogen) atoms. The third-order valence-electron chi connectivity index (χ3n) is 3.29. The van der Waals surface area contributed by atoms with E-state index in [1.165, 1.54) is 6.07 Å². The van der Waals surface area contributed by atoms with Gasteiger partial charge in [0.1, 0.15) is 18.5 Å². The van der Waals surface area contributed by atoms with Crippen LogP contribution in [0.1, 0.15) is 17.2 Å². The van der Waals surface area contributed by atoms with Crippen LogP contribution < -0.4 is 5.32 Å². The third-order valence-corrected chi connectivity index (χ3v) is 3.29. The van der Waals surface area contributed by atoms with Crippen molar-refractivity contribution in [2.24, 2.45) is 0 Å². The maximum Gasteiger partial charge on any atom is 0.138 e. The molecule has 4 nitrogen and oxygen atoms in total. The van der Waals surface area contributed by atoms with Crippen LogP contribution in [0, 0.1) is 11.3 Å². The molecule has 0 aliphatic carbocycles. The van der Waals surface area contributed by atoms with Crippen molar-refractivity contribution in [3.8, 4) is 11.8 Å². The van der Waals surface area contributed by atoms with Crippen molar-refractivity contribution in [1.82, 2.24) is 10.2 Å². The van der Waals surface area contributed by atoms with Gasteiger partial charge in [-0.3, -0.25) is 4.90 Å². The quantitative estimate of drug-likeness (QED) is 0.844. The third kappa shape index (κ3) is 2.45. The summed E-state index contributed by atoms with van der Waals surface area (Å²) in [4.78, 5) is 1.99. The van der Waals surface area contributed by atoms with E-state index in [1.54, 1.807) is 12.1 Å². The number of phenolic OH excluding ortho intramolecular Hbond substituents is 1. The van der Waals surface area contributed by atoms with Crippen molar-refractivity contribution < 1.29 is 9.50 Å². The fourth-order valence-electron chi connectivity index (χ4n) is 2.29. The van der Waals surface area contributed by atoms with Gasteiger partial charge < -0.3 is 10.4 Å². The van der Waals surface area contributed by atoms with Gasteiger partial charge in [-0.15, -0.1) is 0 Å². The van der Waals surface area contributed by atoms with Gasteiger partial charge in [0.2, 0.25) is 0 Å². The second-order valence-electron chi connectivity index (χ2n) is 4.31. The van der Waals surface area contributed by atoms with Gasteiger partial charge in [-0.25, -0.2) is 4.39 Å². The molecule has 5 heteroatoms. The van der Waals surface area contributed by atoms with Gasteiger partial charge in [0.05, 0.1) is 11.6 Å². The van der Waals surface area contributed by atoms with E-state index in [0.29, 0.717) is 5.56 Å². The summed E-state index contributed by atoms with van der Waals surface area (Å²) in [6, 6.07) is 6.34. The number of hydrogen-bond donors (Lipinski definition) is 2. The molecule has 1 saturated heterocycles. The molecule has 0 radical (unpaired) electrons. The average Bonchev–Trinajstić information content (AvgIpc) is 2.43. The Morgan fingerprint density at radius 1 is 1.44 bits per heavy atom. The Labute approximate surface area is 106 Å². The molecule has 0 saturated carbocycles. The lowest BCUT2D eigenvalue weighted by Crippen LogP contribution is -2.45. The summed E-state index contributed by atoms with van der Waals surface area (Å²) >= 11 is 0. The summed E-state index contributed by atoms with van der Waals surface area (Å²) in [7, 11) is 0. The Morgan fingerprint density at radius 2 is 2.17 bits per heavy atom. The number of nitriles is 1. The predicted octanol–water partition coefficient (Wildman–Crippen LogP) is 1.18. The van der Waals surface area contributed by atoms with Gasteiger partial charge in [0.25, 0.3) is 0 Å². The van der Waals surface area contributed by atoms with E-state index >= 15 is 0 Å². The van der Waals surface area contributed by atoms with Gasteiger partial charge >= 0.3 is 0 Å².